The van der Waals surface area contributed by atoms with E-state index in [9.17, 15) is 4.79 Å². The molecule has 0 spiro atoms. The Bertz CT molecular complexity index is 115. The Balaban J connectivity index is 3.17. The summed E-state index contributed by atoms with van der Waals surface area (Å²) in [4.78, 5) is 10.3. The van der Waals surface area contributed by atoms with Crippen molar-refractivity contribution >= 4 is 16.8 Å². The third-order valence-electron chi connectivity index (χ3n) is 1.59. The number of rotatable bonds is 6. The Labute approximate surface area is 72.6 Å². The molecule has 0 fully saturated rings. The smallest absolute Gasteiger partial charge is 0.250 e. The molecule has 0 amide bonds. The molecule has 0 saturated heterocycles. The van der Waals surface area contributed by atoms with E-state index >= 15 is 0 Å². The highest BCUT2D eigenvalue weighted by Crippen LogP contribution is 2.06. The van der Waals surface area contributed by atoms with Gasteiger partial charge in [0.1, 0.15) is 6.10 Å². The van der Waals surface area contributed by atoms with Crippen LogP contribution in [0.3, 0.4) is 0 Å². The van der Waals surface area contributed by atoms with Crippen molar-refractivity contribution in [2.45, 2.75) is 45.1 Å². The monoisotopic (exact) mass is 178 g/mol. The summed E-state index contributed by atoms with van der Waals surface area (Å²) in [7, 11) is 0. The van der Waals surface area contributed by atoms with Crippen LogP contribution >= 0.6 is 11.6 Å². The first-order valence-corrected chi connectivity index (χ1v) is 4.43. The van der Waals surface area contributed by atoms with Crippen molar-refractivity contribution in [3.63, 3.8) is 0 Å². The van der Waals surface area contributed by atoms with Crippen molar-refractivity contribution in [1.82, 2.24) is 0 Å². The van der Waals surface area contributed by atoms with Gasteiger partial charge in [-0.2, -0.15) is 0 Å². The molecule has 0 heterocycles. The third kappa shape index (κ3) is 6.32. The molecular formula is C8H15ClO2. The van der Waals surface area contributed by atoms with Gasteiger partial charge in [-0.3, -0.25) is 4.79 Å². The maximum absolute atomic E-state index is 10.3. The summed E-state index contributed by atoms with van der Waals surface area (Å²) in [6.07, 6.45) is 3.82. The molecule has 1 atom stereocenters. The second kappa shape index (κ2) is 6.62. The van der Waals surface area contributed by atoms with E-state index in [-0.39, 0.29) is 0 Å². The lowest BCUT2D eigenvalue weighted by Gasteiger charge is -2.03. The number of hydrogen-bond donors (Lipinski definition) is 1. The zero-order chi connectivity index (χ0) is 8.69. The van der Waals surface area contributed by atoms with E-state index in [0.29, 0.717) is 6.42 Å². The maximum Gasteiger partial charge on any atom is 0.250 e. The summed E-state index contributed by atoms with van der Waals surface area (Å²) in [5.41, 5.74) is 0. The molecule has 0 aliphatic heterocycles. The van der Waals surface area contributed by atoms with Gasteiger partial charge < -0.3 is 5.11 Å². The second-order valence-corrected chi connectivity index (χ2v) is 3.04. The van der Waals surface area contributed by atoms with E-state index in [0.717, 1.165) is 25.7 Å². The summed E-state index contributed by atoms with van der Waals surface area (Å²) >= 11 is 5.05. The molecule has 0 bridgehead atoms. The number of halogens is 1. The van der Waals surface area contributed by atoms with Gasteiger partial charge in [0.2, 0.25) is 5.24 Å². The van der Waals surface area contributed by atoms with Crippen LogP contribution < -0.4 is 0 Å². The average Bonchev–Trinajstić information content (AvgIpc) is 1.97. The first-order chi connectivity index (χ1) is 5.18. The summed E-state index contributed by atoms with van der Waals surface area (Å²) < 4.78 is 0. The fraction of sp³-hybridized carbons (Fsp3) is 0.875. The lowest BCUT2D eigenvalue weighted by Crippen LogP contribution is -2.14. The van der Waals surface area contributed by atoms with Crippen LogP contribution in [0, 0.1) is 0 Å². The predicted octanol–water partition coefficient (Wildman–Crippen LogP) is 2.08. The van der Waals surface area contributed by atoms with Crippen molar-refractivity contribution < 1.29 is 9.90 Å². The van der Waals surface area contributed by atoms with Gasteiger partial charge in [-0.25, -0.2) is 0 Å². The largest absolute Gasteiger partial charge is 0.384 e. The Morgan fingerprint density at radius 2 is 2.09 bits per heavy atom. The molecule has 66 valence electrons. The van der Waals surface area contributed by atoms with Crippen LogP contribution in [0.15, 0.2) is 0 Å². The number of hydrogen-bond acceptors (Lipinski definition) is 2. The number of carbonyl (C=O) groups is 1. The highest BCUT2D eigenvalue weighted by atomic mass is 35.5. The van der Waals surface area contributed by atoms with Crippen molar-refractivity contribution in [3.8, 4) is 0 Å². The summed E-state index contributed by atoms with van der Waals surface area (Å²) in [6, 6.07) is 0. The second-order valence-electron chi connectivity index (χ2n) is 2.67. The standard InChI is InChI=1S/C8H15ClO2/c1-2-3-4-5-6-7(10)8(9)11/h7,10H,2-6H2,1H3. The van der Waals surface area contributed by atoms with Crippen molar-refractivity contribution in [1.29, 1.82) is 0 Å². The van der Waals surface area contributed by atoms with Gasteiger partial charge in [-0.1, -0.05) is 32.6 Å². The van der Waals surface area contributed by atoms with Crippen LogP contribution in [0.5, 0.6) is 0 Å². The van der Waals surface area contributed by atoms with Gasteiger partial charge in [0.05, 0.1) is 0 Å². The Kier molecular flexibility index (Phi) is 6.57. The molecule has 1 N–H and O–H groups in total. The molecule has 0 radical (unpaired) electrons. The third-order valence-corrected chi connectivity index (χ3v) is 1.84. The molecule has 0 saturated carbocycles. The molecule has 11 heavy (non-hydrogen) atoms. The summed E-state index contributed by atoms with van der Waals surface area (Å²) in [5.74, 6) is 0. The molecule has 0 rings (SSSR count). The van der Waals surface area contributed by atoms with Gasteiger partial charge in [0, 0.05) is 0 Å². The van der Waals surface area contributed by atoms with Crippen molar-refractivity contribution in [3.05, 3.63) is 0 Å². The molecule has 2 nitrogen and oxygen atoms in total. The molecule has 0 aliphatic carbocycles. The fourth-order valence-electron chi connectivity index (χ4n) is 0.878. The quantitative estimate of drug-likeness (QED) is 0.500. The van der Waals surface area contributed by atoms with Crippen LogP contribution in [0.25, 0.3) is 0 Å². The minimum absolute atomic E-state index is 0.502. The van der Waals surface area contributed by atoms with E-state index in [4.69, 9.17) is 16.7 Å². The zero-order valence-corrected chi connectivity index (χ0v) is 7.60. The van der Waals surface area contributed by atoms with Gasteiger partial charge in [0.25, 0.3) is 0 Å². The normalized spacial score (nSPS) is 13.0. The molecular weight excluding hydrogens is 164 g/mol. The van der Waals surface area contributed by atoms with Gasteiger partial charge in [0.15, 0.2) is 0 Å². The predicted molar refractivity (Wildman–Crippen MR) is 45.6 cm³/mol. The van der Waals surface area contributed by atoms with E-state index in [2.05, 4.69) is 6.92 Å². The Morgan fingerprint density at radius 3 is 2.55 bits per heavy atom. The summed E-state index contributed by atoms with van der Waals surface area (Å²) in [6.45, 7) is 2.11. The maximum atomic E-state index is 10.3. The first kappa shape index (κ1) is 10.9. The van der Waals surface area contributed by atoms with E-state index in [1.807, 2.05) is 0 Å². The number of aliphatic hydroxyl groups excluding tert-OH is 1. The zero-order valence-electron chi connectivity index (χ0n) is 6.85. The SMILES string of the molecule is CCCCCCC(O)C(=O)Cl. The lowest BCUT2D eigenvalue weighted by molar-refractivity contribution is -0.119. The van der Waals surface area contributed by atoms with Gasteiger partial charge in [-0.05, 0) is 18.0 Å². The van der Waals surface area contributed by atoms with Crippen molar-refractivity contribution in [2.75, 3.05) is 0 Å². The van der Waals surface area contributed by atoms with E-state index in [1.54, 1.807) is 0 Å². The number of carbonyl (C=O) groups excluding carboxylic acids is 1. The highest BCUT2D eigenvalue weighted by molar-refractivity contribution is 6.64. The molecule has 0 aromatic rings. The minimum Gasteiger partial charge on any atom is -0.384 e. The molecule has 3 heteroatoms. The van der Waals surface area contributed by atoms with Crippen LogP contribution in [0.4, 0.5) is 0 Å². The Hall–Kier alpha value is -0.0800. The van der Waals surface area contributed by atoms with E-state index < -0.39 is 11.3 Å². The highest BCUT2D eigenvalue weighted by Gasteiger charge is 2.10. The van der Waals surface area contributed by atoms with Crippen LogP contribution in [0.1, 0.15) is 39.0 Å². The van der Waals surface area contributed by atoms with E-state index in [1.165, 1.54) is 0 Å². The Morgan fingerprint density at radius 1 is 1.45 bits per heavy atom. The molecule has 0 aromatic heterocycles. The fourth-order valence-corrected chi connectivity index (χ4v) is 0.987. The summed E-state index contributed by atoms with van der Waals surface area (Å²) in [5, 5.41) is 8.31. The van der Waals surface area contributed by atoms with Gasteiger partial charge in [-0.15, -0.1) is 0 Å². The lowest BCUT2D eigenvalue weighted by atomic mass is 10.1. The number of unbranched alkanes of at least 4 members (excludes halogenated alkanes) is 3. The van der Waals surface area contributed by atoms with Gasteiger partial charge >= 0.3 is 0 Å². The molecule has 0 aromatic carbocycles. The topological polar surface area (TPSA) is 37.3 Å². The minimum atomic E-state index is -0.950. The number of aliphatic hydroxyl groups is 1. The van der Waals surface area contributed by atoms with Crippen LogP contribution in [-0.2, 0) is 4.79 Å². The van der Waals surface area contributed by atoms with Crippen LogP contribution in [-0.4, -0.2) is 16.5 Å². The molecule has 0 aliphatic rings. The molecule has 1 unspecified atom stereocenters. The van der Waals surface area contributed by atoms with Crippen LogP contribution in [0.2, 0.25) is 0 Å². The first-order valence-electron chi connectivity index (χ1n) is 4.06. The average molecular weight is 179 g/mol. The van der Waals surface area contributed by atoms with Crippen molar-refractivity contribution in [2.24, 2.45) is 0 Å².